The van der Waals surface area contributed by atoms with Gasteiger partial charge in [-0.05, 0) is 23.6 Å². The molecule has 4 heteroatoms. The number of nitrogens with zero attached hydrogens (tertiary/aromatic N) is 1. The lowest BCUT2D eigenvalue weighted by atomic mass is 9.97. The Morgan fingerprint density at radius 1 is 1.62 bits per heavy atom. The van der Waals surface area contributed by atoms with Crippen LogP contribution in [0.3, 0.4) is 0 Å². The molecule has 0 saturated carbocycles. The number of carbonyl (C=O) groups is 1. The molecule has 3 nitrogen and oxygen atoms in total. The van der Waals surface area contributed by atoms with Crippen molar-refractivity contribution in [3.05, 3.63) is 35.7 Å². The molecule has 1 saturated heterocycles. The van der Waals surface area contributed by atoms with Crippen LogP contribution in [0.1, 0.15) is 6.42 Å². The highest BCUT2D eigenvalue weighted by Crippen LogP contribution is 2.26. The van der Waals surface area contributed by atoms with Gasteiger partial charge >= 0.3 is 5.97 Å². The molecule has 0 spiro atoms. The van der Waals surface area contributed by atoms with Crippen LogP contribution in [-0.4, -0.2) is 35.6 Å². The van der Waals surface area contributed by atoms with Gasteiger partial charge in [-0.1, -0.05) is 12.7 Å². The average Bonchev–Trinajstić information content (AvgIpc) is 2.12. The number of hydrogen-bond acceptors (Lipinski definition) is 2. The van der Waals surface area contributed by atoms with E-state index in [0.717, 1.165) is 5.57 Å². The summed E-state index contributed by atoms with van der Waals surface area (Å²) in [4.78, 5) is 12.5. The maximum Gasteiger partial charge on any atom is 0.309 e. The normalized spacial score (nSPS) is 22.4. The van der Waals surface area contributed by atoms with Gasteiger partial charge in [0.25, 0.3) is 0 Å². The second-order valence-electron chi connectivity index (χ2n) is 4.31. The second-order valence-corrected chi connectivity index (χ2v) is 4.31. The number of carboxylic acids is 1. The van der Waals surface area contributed by atoms with Crippen LogP contribution in [0.2, 0.25) is 0 Å². The van der Waals surface area contributed by atoms with Crippen molar-refractivity contribution >= 4 is 5.97 Å². The zero-order valence-corrected chi connectivity index (χ0v) is 8.95. The molecule has 0 bridgehead atoms. The molecular formula is C12H14FNO2. The van der Waals surface area contributed by atoms with Gasteiger partial charge in [0.15, 0.2) is 0 Å². The number of likely N-dealkylation sites (tertiary alicyclic amines) is 1. The summed E-state index contributed by atoms with van der Waals surface area (Å²) in [6, 6.07) is 0. The van der Waals surface area contributed by atoms with E-state index in [2.05, 4.69) is 6.58 Å². The minimum atomic E-state index is -0.765. The summed E-state index contributed by atoms with van der Waals surface area (Å²) in [5.74, 6) is -1.29. The van der Waals surface area contributed by atoms with Crippen molar-refractivity contribution in [3.63, 3.8) is 0 Å². The Morgan fingerprint density at radius 2 is 2.31 bits per heavy atom. The van der Waals surface area contributed by atoms with Crippen molar-refractivity contribution in [2.75, 3.05) is 19.6 Å². The molecule has 0 atom stereocenters. The van der Waals surface area contributed by atoms with Gasteiger partial charge in [-0.2, -0.15) is 0 Å². The highest BCUT2D eigenvalue weighted by atomic mass is 19.1. The molecule has 1 aliphatic heterocycles. The van der Waals surface area contributed by atoms with Crippen LogP contribution in [-0.2, 0) is 4.79 Å². The third-order valence-electron chi connectivity index (χ3n) is 2.95. The number of allylic oxidation sites excluding steroid dienone is 3. The molecule has 0 amide bonds. The molecule has 86 valence electrons. The summed E-state index contributed by atoms with van der Waals surface area (Å²) in [5.41, 5.74) is 1.42. The van der Waals surface area contributed by atoms with E-state index in [1.807, 2.05) is 11.0 Å². The largest absolute Gasteiger partial charge is 0.481 e. The molecular weight excluding hydrogens is 209 g/mol. The monoisotopic (exact) mass is 223 g/mol. The zero-order valence-electron chi connectivity index (χ0n) is 8.95. The van der Waals surface area contributed by atoms with Crippen molar-refractivity contribution in [1.82, 2.24) is 4.90 Å². The standard InChI is InChI=1S/C12H14FNO2/c1-8-2-3-9(11(13)4-8)5-14-6-10(7-14)12(15)16/h3-4,10H,1-2,5-7H2,(H,15,16). The smallest absolute Gasteiger partial charge is 0.309 e. The first-order chi connectivity index (χ1) is 7.56. The third-order valence-corrected chi connectivity index (χ3v) is 2.95. The molecule has 2 rings (SSSR count). The summed E-state index contributed by atoms with van der Waals surface area (Å²) in [6.07, 6.45) is 3.95. The van der Waals surface area contributed by atoms with Crippen LogP contribution >= 0.6 is 0 Å². The predicted molar refractivity (Wildman–Crippen MR) is 58.6 cm³/mol. The van der Waals surface area contributed by atoms with Gasteiger partial charge in [-0.25, -0.2) is 4.39 Å². The molecule has 0 unspecified atom stereocenters. The van der Waals surface area contributed by atoms with E-state index in [9.17, 15) is 9.18 Å². The lowest BCUT2D eigenvalue weighted by molar-refractivity contribution is -0.147. The maximum atomic E-state index is 13.5. The molecule has 2 aliphatic rings. The highest BCUT2D eigenvalue weighted by Gasteiger charge is 2.33. The Hall–Kier alpha value is -1.42. The zero-order chi connectivity index (χ0) is 11.7. The van der Waals surface area contributed by atoms with E-state index in [0.29, 0.717) is 31.6 Å². The second kappa shape index (κ2) is 4.22. The first-order valence-electron chi connectivity index (χ1n) is 5.26. The number of halogens is 1. The number of aliphatic carboxylic acids is 1. The molecule has 1 heterocycles. The van der Waals surface area contributed by atoms with E-state index < -0.39 is 5.97 Å². The average molecular weight is 223 g/mol. The fourth-order valence-electron chi connectivity index (χ4n) is 1.92. The van der Waals surface area contributed by atoms with Crippen molar-refractivity contribution < 1.29 is 14.3 Å². The summed E-state index contributed by atoms with van der Waals surface area (Å²) in [6.45, 7) is 5.22. The molecule has 0 aromatic rings. The minimum absolute atomic E-state index is 0.241. The lowest BCUT2D eigenvalue weighted by Crippen LogP contribution is -2.50. The quantitative estimate of drug-likeness (QED) is 0.792. The van der Waals surface area contributed by atoms with E-state index in [1.54, 1.807) is 0 Å². The van der Waals surface area contributed by atoms with Crippen LogP contribution in [0.15, 0.2) is 35.7 Å². The number of hydrogen-bond donors (Lipinski definition) is 1. The van der Waals surface area contributed by atoms with E-state index >= 15 is 0 Å². The van der Waals surface area contributed by atoms with Gasteiger partial charge in [-0.3, -0.25) is 9.69 Å². The van der Waals surface area contributed by atoms with Crippen molar-refractivity contribution in [1.29, 1.82) is 0 Å². The Kier molecular flexibility index (Phi) is 2.92. The summed E-state index contributed by atoms with van der Waals surface area (Å²) < 4.78 is 13.5. The number of carboxylic acid groups (broad SMARTS) is 1. The van der Waals surface area contributed by atoms with Gasteiger partial charge in [0.1, 0.15) is 5.83 Å². The molecule has 16 heavy (non-hydrogen) atoms. The highest BCUT2D eigenvalue weighted by molar-refractivity contribution is 5.71. The fraction of sp³-hybridized carbons (Fsp3) is 0.417. The number of rotatable bonds is 3. The van der Waals surface area contributed by atoms with Crippen molar-refractivity contribution in [2.24, 2.45) is 5.92 Å². The van der Waals surface area contributed by atoms with Crippen LogP contribution < -0.4 is 0 Å². The summed E-state index contributed by atoms with van der Waals surface area (Å²) >= 11 is 0. The Labute approximate surface area is 93.6 Å². The minimum Gasteiger partial charge on any atom is -0.481 e. The predicted octanol–water partition coefficient (Wildman–Crippen LogP) is 1.74. The van der Waals surface area contributed by atoms with E-state index in [-0.39, 0.29) is 11.7 Å². The van der Waals surface area contributed by atoms with Gasteiger partial charge in [0.2, 0.25) is 0 Å². The Balaban J connectivity index is 1.87. The van der Waals surface area contributed by atoms with Crippen molar-refractivity contribution in [2.45, 2.75) is 6.42 Å². The fourth-order valence-corrected chi connectivity index (χ4v) is 1.92. The topological polar surface area (TPSA) is 40.5 Å². The Bertz CT molecular complexity index is 392. The van der Waals surface area contributed by atoms with Gasteiger partial charge in [-0.15, -0.1) is 0 Å². The van der Waals surface area contributed by atoms with Crippen LogP contribution in [0, 0.1) is 5.92 Å². The molecule has 1 fully saturated rings. The van der Waals surface area contributed by atoms with Crippen LogP contribution in [0.5, 0.6) is 0 Å². The van der Waals surface area contributed by atoms with Gasteiger partial charge < -0.3 is 5.11 Å². The van der Waals surface area contributed by atoms with E-state index in [4.69, 9.17) is 5.11 Å². The first-order valence-corrected chi connectivity index (χ1v) is 5.26. The van der Waals surface area contributed by atoms with Crippen LogP contribution in [0.4, 0.5) is 4.39 Å². The van der Waals surface area contributed by atoms with Crippen LogP contribution in [0.25, 0.3) is 0 Å². The maximum absolute atomic E-state index is 13.5. The molecule has 0 aromatic heterocycles. The summed E-state index contributed by atoms with van der Waals surface area (Å²) in [5, 5.41) is 8.71. The van der Waals surface area contributed by atoms with Crippen molar-refractivity contribution in [3.8, 4) is 0 Å². The first kappa shape index (κ1) is 11.1. The third kappa shape index (κ3) is 2.22. The SMILES string of the molecule is C=C1C=C(F)C(CN2CC(C(=O)O)C2)=CC1. The summed E-state index contributed by atoms with van der Waals surface area (Å²) in [7, 11) is 0. The van der Waals surface area contributed by atoms with E-state index in [1.165, 1.54) is 6.08 Å². The Morgan fingerprint density at radius 3 is 2.88 bits per heavy atom. The lowest BCUT2D eigenvalue weighted by Gasteiger charge is -2.37. The van der Waals surface area contributed by atoms with Gasteiger partial charge in [0, 0.05) is 19.6 Å². The molecule has 1 aliphatic carbocycles. The molecule has 0 radical (unpaired) electrons. The molecule has 0 aromatic carbocycles. The van der Waals surface area contributed by atoms with Gasteiger partial charge in [0.05, 0.1) is 5.92 Å². The molecule has 1 N–H and O–H groups in total.